The zero-order chi connectivity index (χ0) is 17.2. The average molecular weight is 369 g/mol. The fourth-order valence-corrected chi connectivity index (χ4v) is 4.24. The monoisotopic (exact) mass is 369 g/mol. The molecule has 3 heterocycles. The quantitative estimate of drug-likeness (QED) is 0.394. The third-order valence-corrected chi connectivity index (χ3v) is 5.70. The molecule has 0 spiro atoms. The molecule has 4 rings (SSSR count). The van der Waals surface area contributed by atoms with Crippen LogP contribution in [-0.2, 0) is 12.8 Å². The molecule has 0 N–H and O–H groups in total. The number of methoxy groups -OCH3 is 1. The van der Waals surface area contributed by atoms with Crippen LogP contribution in [0.15, 0.2) is 47.2 Å². The van der Waals surface area contributed by atoms with Crippen LogP contribution < -0.4 is 4.74 Å². The lowest BCUT2D eigenvalue weighted by atomic mass is 10.2. The minimum absolute atomic E-state index is 0.751. The molecule has 3 aromatic heterocycles. The maximum Gasteiger partial charge on any atom is 0.162 e. The lowest BCUT2D eigenvalue weighted by molar-refractivity contribution is 0.415. The van der Waals surface area contributed by atoms with Crippen molar-refractivity contribution in [3.8, 4) is 16.3 Å². The van der Waals surface area contributed by atoms with Crippen molar-refractivity contribution < 1.29 is 4.74 Å². The first-order valence-corrected chi connectivity index (χ1v) is 9.45. The van der Waals surface area contributed by atoms with E-state index in [1.807, 2.05) is 31.3 Å². The molecule has 4 aromatic rings. The van der Waals surface area contributed by atoms with Crippen LogP contribution in [0.1, 0.15) is 5.69 Å². The van der Waals surface area contributed by atoms with Crippen LogP contribution in [0.5, 0.6) is 5.75 Å². The number of benzene rings is 1. The molecule has 8 heteroatoms. The smallest absolute Gasteiger partial charge is 0.162 e. The first-order chi connectivity index (χ1) is 12.2. The van der Waals surface area contributed by atoms with E-state index < -0.39 is 0 Å². The van der Waals surface area contributed by atoms with E-state index in [2.05, 4.69) is 20.4 Å². The number of hydrogen-bond acceptors (Lipinski definition) is 7. The summed E-state index contributed by atoms with van der Waals surface area (Å²) in [5.74, 6) is 1.59. The summed E-state index contributed by atoms with van der Waals surface area (Å²) in [6, 6.07) is 7.95. The van der Waals surface area contributed by atoms with E-state index in [4.69, 9.17) is 9.72 Å². The Balaban J connectivity index is 1.53. The minimum Gasteiger partial charge on any atom is -0.497 e. The summed E-state index contributed by atoms with van der Waals surface area (Å²) in [5, 5.41) is 9.22. The van der Waals surface area contributed by atoms with Gasteiger partial charge in [0, 0.05) is 23.7 Å². The number of aryl methyl sites for hydroxylation is 1. The Morgan fingerprint density at radius 2 is 2.20 bits per heavy atom. The molecule has 0 radical (unpaired) electrons. The van der Waals surface area contributed by atoms with Crippen LogP contribution in [0.3, 0.4) is 0 Å². The van der Waals surface area contributed by atoms with E-state index in [0.29, 0.717) is 0 Å². The van der Waals surface area contributed by atoms with Gasteiger partial charge in [0.1, 0.15) is 22.1 Å². The molecular weight excluding hydrogens is 354 g/mol. The van der Waals surface area contributed by atoms with E-state index in [1.54, 1.807) is 47.4 Å². The Bertz CT molecular complexity index is 1030. The Labute approximate surface area is 152 Å². The number of thioether (sulfide) groups is 1. The molecule has 0 atom stereocenters. The molecular formula is C17H15N5OS2. The zero-order valence-corrected chi connectivity index (χ0v) is 15.3. The SMILES string of the molecule is COc1cccc(-c2nc(CSc3ncnc4c3cnn4C)cs2)c1. The highest BCUT2D eigenvalue weighted by molar-refractivity contribution is 7.98. The van der Waals surface area contributed by atoms with Gasteiger partial charge in [0.25, 0.3) is 0 Å². The molecule has 6 nitrogen and oxygen atoms in total. The largest absolute Gasteiger partial charge is 0.497 e. The fraction of sp³-hybridized carbons (Fsp3) is 0.176. The maximum absolute atomic E-state index is 5.28. The molecule has 0 fully saturated rings. The second-order valence-corrected chi connectivity index (χ2v) is 7.17. The average Bonchev–Trinajstić information content (AvgIpc) is 3.28. The van der Waals surface area contributed by atoms with Crippen molar-refractivity contribution >= 4 is 34.1 Å². The van der Waals surface area contributed by atoms with Gasteiger partial charge >= 0.3 is 0 Å². The van der Waals surface area contributed by atoms with E-state index in [0.717, 1.165) is 43.8 Å². The van der Waals surface area contributed by atoms with Gasteiger partial charge in [-0.15, -0.1) is 11.3 Å². The highest BCUT2D eigenvalue weighted by atomic mass is 32.2. The van der Waals surface area contributed by atoms with E-state index in [-0.39, 0.29) is 0 Å². The third-order valence-electron chi connectivity index (χ3n) is 3.72. The van der Waals surface area contributed by atoms with Gasteiger partial charge in [-0.05, 0) is 12.1 Å². The Hall–Kier alpha value is -2.45. The van der Waals surface area contributed by atoms with Crippen LogP contribution in [0, 0.1) is 0 Å². The van der Waals surface area contributed by atoms with Crippen molar-refractivity contribution in [1.82, 2.24) is 24.7 Å². The minimum atomic E-state index is 0.751. The van der Waals surface area contributed by atoms with Crippen molar-refractivity contribution in [2.24, 2.45) is 7.05 Å². The molecule has 0 saturated carbocycles. The summed E-state index contributed by atoms with van der Waals surface area (Å²) >= 11 is 3.28. The standard InChI is InChI=1S/C17H15N5OS2/c1-22-15-14(7-20-22)17(19-10-18-15)25-9-12-8-24-16(21-12)11-4-3-5-13(6-11)23-2/h3-8,10H,9H2,1-2H3. The van der Waals surface area contributed by atoms with Gasteiger partial charge in [0.2, 0.25) is 0 Å². The van der Waals surface area contributed by atoms with E-state index in [1.165, 1.54) is 0 Å². The van der Waals surface area contributed by atoms with Gasteiger partial charge in [-0.1, -0.05) is 23.9 Å². The second kappa shape index (κ2) is 6.81. The Morgan fingerprint density at radius 3 is 3.08 bits per heavy atom. The summed E-state index contributed by atoms with van der Waals surface area (Å²) in [6.07, 6.45) is 3.38. The summed E-state index contributed by atoms with van der Waals surface area (Å²) in [5.41, 5.74) is 2.94. The predicted molar refractivity (Wildman–Crippen MR) is 100.0 cm³/mol. The van der Waals surface area contributed by atoms with Crippen LogP contribution in [0.25, 0.3) is 21.6 Å². The summed E-state index contributed by atoms with van der Waals surface area (Å²) in [6.45, 7) is 0. The normalized spacial score (nSPS) is 11.1. The summed E-state index contributed by atoms with van der Waals surface area (Å²) < 4.78 is 7.04. The Kier molecular flexibility index (Phi) is 4.37. The van der Waals surface area contributed by atoms with Crippen molar-refractivity contribution in [3.05, 3.63) is 47.9 Å². The van der Waals surface area contributed by atoms with Crippen LogP contribution in [-0.4, -0.2) is 31.8 Å². The van der Waals surface area contributed by atoms with Gasteiger partial charge in [0.05, 0.1) is 24.4 Å². The fourth-order valence-electron chi connectivity index (χ4n) is 2.46. The van der Waals surface area contributed by atoms with Gasteiger partial charge in [-0.3, -0.25) is 4.68 Å². The molecule has 0 aliphatic heterocycles. The first kappa shape index (κ1) is 16.0. The number of hydrogen-bond donors (Lipinski definition) is 0. The van der Waals surface area contributed by atoms with E-state index in [9.17, 15) is 0 Å². The molecule has 0 unspecified atom stereocenters. The molecule has 0 bridgehead atoms. The van der Waals surface area contributed by atoms with Crippen LogP contribution in [0.2, 0.25) is 0 Å². The van der Waals surface area contributed by atoms with Crippen LogP contribution in [0.4, 0.5) is 0 Å². The molecule has 0 aliphatic rings. The van der Waals surface area contributed by atoms with Gasteiger partial charge in [0.15, 0.2) is 5.65 Å². The van der Waals surface area contributed by atoms with Gasteiger partial charge in [-0.25, -0.2) is 15.0 Å². The van der Waals surface area contributed by atoms with Crippen molar-refractivity contribution in [3.63, 3.8) is 0 Å². The maximum atomic E-state index is 5.28. The number of ether oxygens (including phenoxy) is 1. The predicted octanol–water partition coefficient (Wildman–Crippen LogP) is 3.79. The number of nitrogens with zero attached hydrogens (tertiary/aromatic N) is 5. The number of fused-ring (bicyclic) bond motifs is 1. The number of rotatable bonds is 5. The lowest BCUT2D eigenvalue weighted by Gasteiger charge is -2.01. The van der Waals surface area contributed by atoms with Gasteiger partial charge < -0.3 is 4.74 Å². The third kappa shape index (κ3) is 3.22. The summed E-state index contributed by atoms with van der Waals surface area (Å²) in [7, 11) is 3.55. The molecule has 0 saturated heterocycles. The van der Waals surface area contributed by atoms with Crippen molar-refractivity contribution in [2.75, 3.05) is 7.11 Å². The molecule has 1 aromatic carbocycles. The highest BCUT2D eigenvalue weighted by Gasteiger charge is 2.10. The molecule has 126 valence electrons. The van der Waals surface area contributed by atoms with Crippen molar-refractivity contribution in [1.29, 1.82) is 0 Å². The molecule has 0 amide bonds. The van der Waals surface area contributed by atoms with Crippen LogP contribution >= 0.6 is 23.1 Å². The highest BCUT2D eigenvalue weighted by Crippen LogP contribution is 2.31. The van der Waals surface area contributed by atoms with Crippen molar-refractivity contribution in [2.45, 2.75) is 10.8 Å². The van der Waals surface area contributed by atoms with E-state index >= 15 is 0 Å². The zero-order valence-electron chi connectivity index (χ0n) is 13.7. The molecule has 0 aliphatic carbocycles. The lowest BCUT2D eigenvalue weighted by Crippen LogP contribution is -1.93. The molecule has 25 heavy (non-hydrogen) atoms. The summed E-state index contributed by atoms with van der Waals surface area (Å²) in [4.78, 5) is 13.4. The van der Waals surface area contributed by atoms with Gasteiger partial charge in [-0.2, -0.15) is 5.10 Å². The first-order valence-electron chi connectivity index (χ1n) is 7.59. The topological polar surface area (TPSA) is 65.7 Å². The second-order valence-electron chi connectivity index (χ2n) is 5.35. The number of thiazole rings is 1. The number of aromatic nitrogens is 5. The Morgan fingerprint density at radius 1 is 1.28 bits per heavy atom.